The summed E-state index contributed by atoms with van der Waals surface area (Å²) < 4.78 is 41.2. The van der Waals surface area contributed by atoms with Crippen LogP contribution in [0.15, 0.2) is 16.5 Å². The van der Waals surface area contributed by atoms with Crippen LogP contribution in [0.25, 0.3) is 11.6 Å². The molecule has 2 aromatic heterocycles. The normalized spacial score (nSPS) is 24.3. The predicted octanol–water partition coefficient (Wildman–Crippen LogP) is 0.628. The Morgan fingerprint density at radius 3 is 2.72 bits per heavy atom. The van der Waals surface area contributed by atoms with Crippen molar-refractivity contribution < 1.29 is 17.6 Å². The molecule has 1 atom stereocenters. The molecule has 4 heterocycles. The van der Waals surface area contributed by atoms with Gasteiger partial charge in [0.15, 0.2) is 17.4 Å². The van der Waals surface area contributed by atoms with Crippen LogP contribution < -0.4 is 0 Å². The topological polar surface area (TPSA) is 93.7 Å². The molecule has 0 amide bonds. The average Bonchev–Trinajstić information content (AvgIpc) is 3.26. The lowest BCUT2D eigenvalue weighted by molar-refractivity contribution is -0.0790. The number of aromatic nitrogens is 3. The third-order valence-electron chi connectivity index (χ3n) is 4.81. The summed E-state index contributed by atoms with van der Waals surface area (Å²) in [6.45, 7) is 3.45. The van der Waals surface area contributed by atoms with Gasteiger partial charge in [0, 0.05) is 27.2 Å². The van der Waals surface area contributed by atoms with Crippen LogP contribution in [0.4, 0.5) is 0 Å². The van der Waals surface area contributed by atoms with Crippen molar-refractivity contribution in [1.29, 1.82) is 0 Å². The van der Waals surface area contributed by atoms with Gasteiger partial charge in [-0.25, -0.2) is 0 Å². The zero-order valence-electron chi connectivity index (χ0n) is 14.5. The van der Waals surface area contributed by atoms with E-state index < -0.39 is 15.8 Å². The van der Waals surface area contributed by atoms with Crippen molar-refractivity contribution in [3.05, 3.63) is 23.7 Å². The van der Waals surface area contributed by atoms with Crippen LogP contribution in [0.1, 0.15) is 18.0 Å². The van der Waals surface area contributed by atoms with Gasteiger partial charge in [0.1, 0.15) is 18.0 Å². The minimum atomic E-state index is -3.45. The molecule has 10 heteroatoms. The van der Waals surface area contributed by atoms with Gasteiger partial charge in [0.2, 0.25) is 0 Å². The molecule has 2 aliphatic rings. The van der Waals surface area contributed by atoms with Crippen LogP contribution in [0.2, 0.25) is 0 Å². The largest absolute Gasteiger partial charge is 0.458 e. The summed E-state index contributed by atoms with van der Waals surface area (Å²) in [5.41, 5.74) is -0.561. The molecule has 0 aliphatic carbocycles. The van der Waals surface area contributed by atoms with E-state index in [9.17, 15) is 8.42 Å². The molecule has 0 N–H and O–H groups in total. The van der Waals surface area contributed by atoms with Crippen LogP contribution in [-0.4, -0.2) is 64.6 Å². The molecule has 1 fully saturated rings. The molecular weight excluding hydrogens is 346 g/mol. The van der Waals surface area contributed by atoms with Gasteiger partial charge in [0.25, 0.3) is 10.2 Å². The maximum absolute atomic E-state index is 12.4. The van der Waals surface area contributed by atoms with Crippen molar-refractivity contribution in [1.82, 2.24) is 23.4 Å². The summed E-state index contributed by atoms with van der Waals surface area (Å²) in [6, 6.07) is 3.75. The highest BCUT2D eigenvalue weighted by molar-refractivity contribution is 7.86. The van der Waals surface area contributed by atoms with Crippen LogP contribution in [-0.2, 0) is 28.1 Å². The van der Waals surface area contributed by atoms with Crippen LogP contribution in [0.3, 0.4) is 0 Å². The monoisotopic (exact) mass is 367 g/mol. The van der Waals surface area contributed by atoms with Crippen molar-refractivity contribution in [2.45, 2.75) is 32.1 Å². The Hall–Kier alpha value is -1.75. The van der Waals surface area contributed by atoms with Crippen molar-refractivity contribution in [3.8, 4) is 11.6 Å². The molecule has 2 aromatic rings. The van der Waals surface area contributed by atoms with Gasteiger partial charge in [-0.3, -0.25) is 0 Å². The molecule has 1 spiro atoms. The molecule has 25 heavy (non-hydrogen) atoms. The molecule has 4 rings (SSSR count). The molecule has 0 saturated carbocycles. The molecule has 0 aromatic carbocycles. The lowest BCUT2D eigenvalue weighted by atomic mass is 10.0. The summed E-state index contributed by atoms with van der Waals surface area (Å²) in [5.74, 6) is 2.84. The highest BCUT2D eigenvalue weighted by atomic mass is 32.2. The zero-order valence-corrected chi connectivity index (χ0v) is 15.3. The van der Waals surface area contributed by atoms with Crippen LogP contribution in [0, 0.1) is 6.92 Å². The Balaban J connectivity index is 1.62. The second kappa shape index (κ2) is 5.63. The predicted molar refractivity (Wildman–Crippen MR) is 88.8 cm³/mol. The fourth-order valence-electron chi connectivity index (χ4n) is 3.38. The fourth-order valence-corrected chi connectivity index (χ4v) is 4.56. The third-order valence-corrected chi connectivity index (χ3v) is 6.70. The van der Waals surface area contributed by atoms with Crippen LogP contribution in [0.5, 0.6) is 0 Å². The summed E-state index contributed by atoms with van der Waals surface area (Å²) in [5, 5.41) is 8.41. The van der Waals surface area contributed by atoms with Crippen molar-refractivity contribution in [2.75, 3.05) is 27.2 Å². The van der Waals surface area contributed by atoms with Gasteiger partial charge in [-0.05, 0) is 25.5 Å². The summed E-state index contributed by atoms with van der Waals surface area (Å²) in [6.07, 6.45) is 0.633. The quantitative estimate of drug-likeness (QED) is 0.790. The number of rotatable bonds is 3. The van der Waals surface area contributed by atoms with Gasteiger partial charge in [-0.1, -0.05) is 0 Å². The number of nitrogens with zero attached hydrogens (tertiary/aromatic N) is 5. The first kappa shape index (κ1) is 16.7. The standard InChI is InChI=1S/C15H21N5O4S/c1-11-4-5-12(24-11)14-17-16-13-8-23-15(10-20(13)14)6-7-19(9-15)25(21,22)18(2)3/h4-5H,6-10H2,1-3H3. The van der Waals surface area contributed by atoms with Gasteiger partial charge in [-0.15, -0.1) is 10.2 Å². The van der Waals surface area contributed by atoms with E-state index in [1.165, 1.54) is 22.7 Å². The van der Waals surface area contributed by atoms with Crippen molar-refractivity contribution in [2.24, 2.45) is 0 Å². The van der Waals surface area contributed by atoms with E-state index in [0.29, 0.717) is 44.2 Å². The van der Waals surface area contributed by atoms with Gasteiger partial charge in [0.05, 0.1) is 6.54 Å². The Morgan fingerprint density at radius 2 is 2.04 bits per heavy atom. The lowest BCUT2D eigenvalue weighted by Gasteiger charge is -2.34. The minimum Gasteiger partial charge on any atom is -0.458 e. The molecule has 2 aliphatic heterocycles. The van der Waals surface area contributed by atoms with E-state index in [-0.39, 0.29) is 0 Å². The van der Waals surface area contributed by atoms with E-state index in [0.717, 1.165) is 11.6 Å². The smallest absolute Gasteiger partial charge is 0.281 e. The number of hydrogen-bond donors (Lipinski definition) is 0. The van der Waals surface area contributed by atoms with E-state index >= 15 is 0 Å². The molecule has 136 valence electrons. The molecule has 0 bridgehead atoms. The Kier molecular flexibility index (Phi) is 3.76. The molecule has 9 nitrogen and oxygen atoms in total. The zero-order chi connectivity index (χ0) is 17.8. The summed E-state index contributed by atoms with van der Waals surface area (Å²) in [4.78, 5) is 0. The molecular formula is C15H21N5O4S. The van der Waals surface area contributed by atoms with Gasteiger partial charge in [-0.2, -0.15) is 17.0 Å². The van der Waals surface area contributed by atoms with E-state index in [2.05, 4.69) is 10.2 Å². The van der Waals surface area contributed by atoms with E-state index in [4.69, 9.17) is 9.15 Å². The highest BCUT2D eigenvalue weighted by Gasteiger charge is 2.47. The number of furan rings is 1. The maximum Gasteiger partial charge on any atom is 0.281 e. The number of aryl methyl sites for hydroxylation is 1. The SMILES string of the molecule is Cc1ccc(-c2nnc3n2CC2(CCN(S(=O)(=O)N(C)C)C2)OC3)o1. The first-order valence-electron chi connectivity index (χ1n) is 8.11. The van der Waals surface area contributed by atoms with E-state index in [1.807, 2.05) is 23.6 Å². The Morgan fingerprint density at radius 1 is 1.24 bits per heavy atom. The highest BCUT2D eigenvalue weighted by Crippen LogP contribution is 2.35. The minimum absolute atomic E-state index is 0.308. The summed E-state index contributed by atoms with van der Waals surface area (Å²) >= 11 is 0. The Labute approximate surface area is 146 Å². The second-order valence-electron chi connectivity index (χ2n) is 6.78. The first-order valence-corrected chi connectivity index (χ1v) is 9.51. The van der Waals surface area contributed by atoms with Gasteiger partial charge < -0.3 is 13.7 Å². The van der Waals surface area contributed by atoms with Crippen molar-refractivity contribution in [3.63, 3.8) is 0 Å². The molecule has 1 saturated heterocycles. The van der Waals surface area contributed by atoms with E-state index in [1.54, 1.807) is 0 Å². The molecule has 1 unspecified atom stereocenters. The number of fused-ring (bicyclic) bond motifs is 1. The fraction of sp³-hybridized carbons (Fsp3) is 0.600. The Bertz CT molecular complexity index is 903. The third kappa shape index (κ3) is 2.69. The van der Waals surface area contributed by atoms with Crippen molar-refractivity contribution >= 4 is 10.2 Å². The number of ether oxygens (including phenoxy) is 1. The maximum atomic E-state index is 12.4. The average molecular weight is 367 g/mol. The lowest BCUT2D eigenvalue weighted by Crippen LogP contribution is -2.46. The number of hydrogen-bond acceptors (Lipinski definition) is 6. The second-order valence-corrected chi connectivity index (χ2v) is 8.92. The molecule has 0 radical (unpaired) electrons. The first-order chi connectivity index (χ1) is 11.8. The van der Waals surface area contributed by atoms with Gasteiger partial charge >= 0.3 is 0 Å². The summed E-state index contributed by atoms with van der Waals surface area (Å²) in [7, 11) is -0.369. The van der Waals surface area contributed by atoms with Crippen LogP contribution >= 0.6 is 0 Å².